The van der Waals surface area contributed by atoms with Gasteiger partial charge in [-0.05, 0) is 45.8 Å². The van der Waals surface area contributed by atoms with Crippen LogP contribution in [-0.4, -0.2) is 22.4 Å². The van der Waals surface area contributed by atoms with Crippen molar-refractivity contribution in [1.29, 1.82) is 0 Å². The zero-order valence-electron chi connectivity index (χ0n) is 15.8. The molecule has 5 nitrogen and oxygen atoms in total. The molecule has 0 radical (unpaired) electrons. The van der Waals surface area contributed by atoms with E-state index in [1.807, 2.05) is 12.1 Å². The van der Waals surface area contributed by atoms with Gasteiger partial charge >= 0.3 is 6.18 Å². The van der Waals surface area contributed by atoms with Crippen LogP contribution in [0.2, 0.25) is 0 Å². The highest BCUT2D eigenvalue weighted by molar-refractivity contribution is 9.10. The van der Waals surface area contributed by atoms with Gasteiger partial charge in [-0.3, -0.25) is 4.79 Å². The van der Waals surface area contributed by atoms with E-state index in [1.165, 1.54) is 29.5 Å². The second-order valence-electron chi connectivity index (χ2n) is 6.73. The predicted octanol–water partition coefficient (Wildman–Crippen LogP) is 5.50. The lowest BCUT2D eigenvalue weighted by Crippen LogP contribution is -2.34. The number of alkyl halides is 3. The van der Waals surface area contributed by atoms with Crippen LogP contribution in [-0.2, 0) is 6.18 Å². The molecular weight excluding hydrogens is 493 g/mol. The molecule has 0 aliphatic heterocycles. The van der Waals surface area contributed by atoms with Gasteiger partial charge in [0, 0.05) is 34.4 Å². The minimum Gasteiger partial charge on any atom is -0.346 e. The second kappa shape index (κ2) is 8.45. The molecule has 0 fully saturated rings. The molecule has 3 aromatic heterocycles. The molecule has 0 saturated heterocycles. The molecule has 0 aliphatic rings. The Morgan fingerprint density at radius 1 is 1.26 bits per heavy atom. The number of nitrogens with zero attached hydrogens (tertiary/aromatic N) is 1. The fraction of sp³-hybridized carbons (Fsp3) is 0.143. The van der Waals surface area contributed by atoms with Crippen LogP contribution in [0.25, 0.3) is 21.5 Å². The number of carbonyl (C=O) groups is 1. The zero-order chi connectivity index (χ0) is 22.2. The van der Waals surface area contributed by atoms with Crippen LogP contribution < -0.4 is 11.1 Å². The number of benzene rings is 1. The van der Waals surface area contributed by atoms with Gasteiger partial charge in [0.25, 0.3) is 5.91 Å². The summed E-state index contributed by atoms with van der Waals surface area (Å²) in [5.41, 5.74) is 6.45. The fourth-order valence-electron chi connectivity index (χ4n) is 3.38. The van der Waals surface area contributed by atoms with Crippen molar-refractivity contribution >= 4 is 44.2 Å². The number of fused-ring (bicyclic) bond motifs is 1. The number of H-pyrrole nitrogens is 1. The maximum absolute atomic E-state index is 13.4. The maximum Gasteiger partial charge on any atom is 0.416 e. The number of rotatable bonds is 5. The van der Waals surface area contributed by atoms with E-state index in [0.29, 0.717) is 9.35 Å². The molecule has 31 heavy (non-hydrogen) atoms. The Kier molecular flexibility index (Phi) is 5.87. The number of carbonyl (C=O) groups excluding carboxylic acids is 1. The summed E-state index contributed by atoms with van der Waals surface area (Å²) >= 11 is 4.72. The normalized spacial score (nSPS) is 12.8. The van der Waals surface area contributed by atoms with Gasteiger partial charge in [-0.15, -0.1) is 11.3 Å². The van der Waals surface area contributed by atoms with Crippen molar-refractivity contribution in [1.82, 2.24) is 15.3 Å². The summed E-state index contributed by atoms with van der Waals surface area (Å²) < 4.78 is 40.9. The lowest BCUT2D eigenvalue weighted by Gasteiger charge is -2.21. The average molecular weight is 509 g/mol. The van der Waals surface area contributed by atoms with E-state index in [2.05, 4.69) is 31.2 Å². The number of nitrogens with two attached hydrogens (primary N) is 1. The van der Waals surface area contributed by atoms with E-state index in [-0.39, 0.29) is 12.1 Å². The third-order valence-electron chi connectivity index (χ3n) is 4.80. The van der Waals surface area contributed by atoms with E-state index < -0.39 is 23.7 Å². The van der Waals surface area contributed by atoms with Crippen molar-refractivity contribution in [2.75, 3.05) is 6.54 Å². The number of pyridine rings is 1. The van der Waals surface area contributed by atoms with E-state index in [9.17, 15) is 18.0 Å². The topological polar surface area (TPSA) is 83.8 Å². The summed E-state index contributed by atoms with van der Waals surface area (Å²) in [4.78, 5) is 21.4. The zero-order valence-corrected chi connectivity index (χ0v) is 18.2. The first kappa shape index (κ1) is 21.5. The Morgan fingerprint density at radius 2 is 2.03 bits per heavy atom. The molecule has 160 valence electrons. The van der Waals surface area contributed by atoms with Crippen LogP contribution in [0.1, 0.15) is 26.8 Å². The number of halogens is 4. The van der Waals surface area contributed by atoms with Crippen LogP contribution in [0.4, 0.5) is 13.2 Å². The molecule has 1 amide bonds. The monoisotopic (exact) mass is 508 g/mol. The number of hydrogen-bond donors (Lipinski definition) is 3. The molecule has 1 unspecified atom stereocenters. The van der Waals surface area contributed by atoms with Gasteiger partial charge in [-0.25, -0.2) is 4.98 Å². The summed E-state index contributed by atoms with van der Waals surface area (Å²) in [7, 11) is 0. The third kappa shape index (κ3) is 4.23. The third-order valence-corrected chi connectivity index (χ3v) is 6.85. The first-order valence-corrected chi connectivity index (χ1v) is 10.8. The van der Waals surface area contributed by atoms with Crippen molar-refractivity contribution in [2.45, 2.75) is 12.2 Å². The Morgan fingerprint density at radius 3 is 2.77 bits per heavy atom. The Balaban J connectivity index is 1.64. The van der Waals surface area contributed by atoms with E-state index in [1.54, 1.807) is 18.5 Å². The van der Waals surface area contributed by atoms with Gasteiger partial charge in [0.05, 0.1) is 21.4 Å². The van der Waals surface area contributed by atoms with Crippen molar-refractivity contribution < 1.29 is 18.0 Å². The number of thiophene rings is 1. The molecule has 4 aromatic rings. The highest BCUT2D eigenvalue weighted by Crippen LogP contribution is 2.40. The van der Waals surface area contributed by atoms with E-state index in [0.717, 1.165) is 27.5 Å². The number of aromatic nitrogens is 2. The van der Waals surface area contributed by atoms with Gasteiger partial charge in [-0.2, -0.15) is 13.2 Å². The molecule has 4 N–H and O–H groups in total. The Hall–Kier alpha value is -2.69. The largest absolute Gasteiger partial charge is 0.416 e. The lowest BCUT2D eigenvalue weighted by atomic mass is 9.99. The molecule has 0 aliphatic carbocycles. The number of nitrogens with one attached hydrogen (secondary N) is 2. The standard InChI is InChI=1S/C21H16BrF3N4OS/c22-15-9-17(31-18(15)11-5-7-27-19-12(11)6-8-28-19)20(30)29-16(10-26)13-3-1-2-4-14(13)21(23,24)25/h1-9,16H,10,26H2,(H,27,28)(H,29,30). The predicted molar refractivity (Wildman–Crippen MR) is 118 cm³/mol. The molecule has 10 heteroatoms. The van der Waals surface area contributed by atoms with Crippen molar-refractivity contribution in [3.8, 4) is 10.4 Å². The molecular formula is C21H16BrF3N4OS. The van der Waals surface area contributed by atoms with Crippen molar-refractivity contribution in [3.63, 3.8) is 0 Å². The lowest BCUT2D eigenvalue weighted by molar-refractivity contribution is -0.138. The average Bonchev–Trinajstić information content (AvgIpc) is 3.37. The molecule has 3 heterocycles. The summed E-state index contributed by atoms with van der Waals surface area (Å²) in [6.07, 6.45) is -1.10. The summed E-state index contributed by atoms with van der Waals surface area (Å²) in [5, 5.41) is 3.54. The minimum absolute atomic E-state index is 0.0649. The maximum atomic E-state index is 13.4. The first-order valence-electron chi connectivity index (χ1n) is 9.18. The molecule has 4 rings (SSSR count). The number of hydrogen-bond acceptors (Lipinski definition) is 4. The summed E-state index contributed by atoms with van der Waals surface area (Å²) in [6.45, 7) is -0.174. The van der Waals surface area contributed by atoms with Gasteiger partial charge in [0.15, 0.2) is 0 Å². The van der Waals surface area contributed by atoms with Gasteiger partial charge in [-0.1, -0.05) is 18.2 Å². The van der Waals surface area contributed by atoms with Crippen LogP contribution in [0.15, 0.2) is 59.3 Å². The van der Waals surface area contributed by atoms with Gasteiger partial charge in [0.1, 0.15) is 5.65 Å². The smallest absolute Gasteiger partial charge is 0.346 e. The fourth-order valence-corrected chi connectivity index (χ4v) is 5.20. The van der Waals surface area contributed by atoms with Crippen LogP contribution in [0, 0.1) is 0 Å². The van der Waals surface area contributed by atoms with Crippen molar-refractivity contribution in [2.24, 2.45) is 5.73 Å². The molecule has 0 spiro atoms. The highest BCUT2D eigenvalue weighted by atomic mass is 79.9. The molecule has 1 aromatic carbocycles. The van der Waals surface area contributed by atoms with Crippen molar-refractivity contribution in [3.05, 3.63) is 75.3 Å². The Bertz CT molecular complexity index is 1250. The number of amides is 1. The SMILES string of the molecule is NCC(NC(=O)c1cc(Br)c(-c2ccnc3[nH]ccc23)s1)c1ccccc1C(F)(F)F. The van der Waals surface area contributed by atoms with E-state index in [4.69, 9.17) is 5.73 Å². The second-order valence-corrected chi connectivity index (χ2v) is 8.64. The molecule has 0 saturated carbocycles. The summed E-state index contributed by atoms with van der Waals surface area (Å²) in [5.74, 6) is -0.497. The van der Waals surface area contributed by atoms with Crippen LogP contribution >= 0.6 is 27.3 Å². The Labute approximate surface area is 187 Å². The molecule has 0 bridgehead atoms. The van der Waals surface area contributed by atoms with E-state index >= 15 is 0 Å². The van der Waals surface area contributed by atoms with Gasteiger partial charge < -0.3 is 16.0 Å². The summed E-state index contributed by atoms with van der Waals surface area (Å²) in [6, 6.07) is 9.51. The van der Waals surface area contributed by atoms with Crippen LogP contribution in [0.5, 0.6) is 0 Å². The quantitative estimate of drug-likeness (QED) is 0.332. The minimum atomic E-state index is -4.54. The highest BCUT2D eigenvalue weighted by Gasteiger charge is 2.35. The van der Waals surface area contributed by atoms with Gasteiger partial charge in [0.2, 0.25) is 0 Å². The number of aromatic amines is 1. The van der Waals surface area contributed by atoms with Crippen LogP contribution in [0.3, 0.4) is 0 Å². The first-order chi connectivity index (χ1) is 14.8. The molecule has 1 atom stereocenters.